The Kier molecular flexibility index (Phi) is 3.88. The first-order valence-corrected chi connectivity index (χ1v) is 7.60. The Morgan fingerprint density at radius 3 is 2.58 bits per heavy atom. The van der Waals surface area contributed by atoms with Crippen LogP contribution >= 0.6 is 15.9 Å². The van der Waals surface area contributed by atoms with Gasteiger partial charge in [-0.1, -0.05) is 40.2 Å². The lowest BCUT2D eigenvalue weighted by Gasteiger charge is -2.17. The Bertz CT molecular complexity index is 577. The number of ether oxygens (including phenoxy) is 1. The first-order chi connectivity index (χ1) is 9.33. The summed E-state index contributed by atoms with van der Waals surface area (Å²) in [6, 6.07) is 14.7. The van der Waals surface area contributed by atoms with Gasteiger partial charge in [0.25, 0.3) is 0 Å². The molecule has 0 radical (unpaired) electrons. The Hall–Kier alpha value is -1.28. The maximum Gasteiger partial charge on any atom is 0.120 e. The maximum atomic E-state index is 5.91. The van der Waals surface area contributed by atoms with Gasteiger partial charge in [-0.2, -0.15) is 0 Å². The third-order valence-electron chi connectivity index (χ3n) is 3.67. The van der Waals surface area contributed by atoms with Crippen LogP contribution in [-0.4, -0.2) is 0 Å². The fourth-order valence-electron chi connectivity index (χ4n) is 2.58. The highest BCUT2D eigenvalue weighted by atomic mass is 79.9. The minimum absolute atomic E-state index is 0.611. The van der Waals surface area contributed by atoms with Crippen molar-refractivity contribution >= 4 is 15.9 Å². The average molecular weight is 317 g/mol. The fourth-order valence-corrected chi connectivity index (χ4v) is 2.98. The summed E-state index contributed by atoms with van der Waals surface area (Å²) in [6.45, 7) is 0.611. The van der Waals surface area contributed by atoms with Crippen LogP contribution in [0.2, 0.25) is 0 Å². The van der Waals surface area contributed by atoms with Crippen molar-refractivity contribution in [2.45, 2.75) is 32.3 Å². The molecule has 0 fully saturated rings. The molecule has 0 saturated carbocycles. The Labute approximate surface area is 122 Å². The van der Waals surface area contributed by atoms with Crippen LogP contribution in [0.5, 0.6) is 5.75 Å². The Balaban J connectivity index is 1.72. The number of aryl methyl sites for hydroxylation is 2. The van der Waals surface area contributed by atoms with Crippen LogP contribution in [0.1, 0.15) is 29.5 Å². The highest BCUT2D eigenvalue weighted by molar-refractivity contribution is 9.10. The third kappa shape index (κ3) is 3.01. The molecule has 2 aromatic carbocycles. The van der Waals surface area contributed by atoms with Crippen molar-refractivity contribution in [3.8, 4) is 5.75 Å². The van der Waals surface area contributed by atoms with E-state index in [1.807, 2.05) is 18.2 Å². The molecule has 0 amide bonds. The molecular weight excluding hydrogens is 300 g/mol. The lowest BCUT2D eigenvalue weighted by atomic mass is 9.92. The molecule has 0 spiro atoms. The molecule has 3 rings (SSSR count). The molecule has 1 aliphatic rings. The zero-order valence-electron chi connectivity index (χ0n) is 10.9. The standard InChI is InChI=1S/C17H17BrO/c18-17-8-4-3-7-15(17)12-19-16-10-9-13-5-1-2-6-14(13)11-16/h3-4,7-11H,1-2,5-6,12H2. The van der Waals surface area contributed by atoms with Crippen molar-refractivity contribution in [1.29, 1.82) is 0 Å². The molecule has 2 aromatic rings. The van der Waals surface area contributed by atoms with Crippen molar-refractivity contribution in [2.24, 2.45) is 0 Å². The van der Waals surface area contributed by atoms with Gasteiger partial charge in [0.05, 0.1) is 0 Å². The zero-order valence-corrected chi connectivity index (χ0v) is 12.4. The number of fused-ring (bicyclic) bond motifs is 1. The predicted octanol–water partition coefficient (Wildman–Crippen LogP) is 4.91. The van der Waals surface area contributed by atoms with E-state index in [1.54, 1.807) is 0 Å². The number of halogens is 1. The minimum Gasteiger partial charge on any atom is -0.489 e. The molecule has 19 heavy (non-hydrogen) atoms. The van der Waals surface area contributed by atoms with E-state index >= 15 is 0 Å². The van der Waals surface area contributed by atoms with Crippen molar-refractivity contribution in [1.82, 2.24) is 0 Å². The van der Waals surface area contributed by atoms with Gasteiger partial charge in [-0.15, -0.1) is 0 Å². The second-order valence-electron chi connectivity index (χ2n) is 5.02. The summed E-state index contributed by atoms with van der Waals surface area (Å²) in [7, 11) is 0. The van der Waals surface area contributed by atoms with Gasteiger partial charge in [-0.05, 0) is 55.0 Å². The molecule has 1 nitrogen and oxygen atoms in total. The molecule has 0 N–H and O–H groups in total. The Morgan fingerprint density at radius 1 is 0.947 bits per heavy atom. The number of hydrogen-bond donors (Lipinski definition) is 0. The van der Waals surface area contributed by atoms with E-state index in [0.29, 0.717) is 6.61 Å². The number of hydrogen-bond acceptors (Lipinski definition) is 1. The van der Waals surface area contributed by atoms with Gasteiger partial charge in [0, 0.05) is 10.0 Å². The summed E-state index contributed by atoms with van der Waals surface area (Å²) in [5.41, 5.74) is 4.15. The SMILES string of the molecule is Brc1ccccc1COc1ccc2c(c1)CCCC2. The van der Waals surface area contributed by atoms with Crippen LogP contribution < -0.4 is 4.74 Å². The monoisotopic (exact) mass is 316 g/mol. The van der Waals surface area contributed by atoms with Crippen LogP contribution in [0.15, 0.2) is 46.9 Å². The van der Waals surface area contributed by atoms with Gasteiger partial charge < -0.3 is 4.74 Å². The zero-order chi connectivity index (χ0) is 13.1. The first-order valence-electron chi connectivity index (χ1n) is 6.81. The second-order valence-corrected chi connectivity index (χ2v) is 5.87. The number of rotatable bonds is 3. The van der Waals surface area contributed by atoms with Gasteiger partial charge in [-0.3, -0.25) is 0 Å². The summed E-state index contributed by atoms with van der Waals surface area (Å²) >= 11 is 3.55. The van der Waals surface area contributed by atoms with Crippen molar-refractivity contribution < 1.29 is 4.74 Å². The van der Waals surface area contributed by atoms with E-state index in [1.165, 1.54) is 42.4 Å². The normalized spacial score (nSPS) is 13.9. The minimum atomic E-state index is 0.611. The first kappa shape index (κ1) is 12.7. The molecule has 2 heteroatoms. The highest BCUT2D eigenvalue weighted by Gasteiger charge is 2.10. The van der Waals surface area contributed by atoms with Gasteiger partial charge in [0.15, 0.2) is 0 Å². The molecular formula is C17H17BrO. The molecule has 0 aliphatic heterocycles. The quantitative estimate of drug-likeness (QED) is 0.782. The van der Waals surface area contributed by atoms with E-state index < -0.39 is 0 Å². The Morgan fingerprint density at radius 2 is 1.74 bits per heavy atom. The van der Waals surface area contributed by atoms with Gasteiger partial charge in [0.1, 0.15) is 12.4 Å². The summed E-state index contributed by atoms with van der Waals surface area (Å²) in [5.74, 6) is 0.983. The molecule has 1 aliphatic carbocycles. The largest absolute Gasteiger partial charge is 0.489 e. The maximum absolute atomic E-state index is 5.91. The summed E-state index contributed by atoms with van der Waals surface area (Å²) < 4.78 is 7.01. The lowest BCUT2D eigenvalue weighted by molar-refractivity contribution is 0.305. The molecule has 0 bridgehead atoms. The summed E-state index contributed by atoms with van der Waals surface area (Å²) in [6.07, 6.45) is 5.05. The van der Waals surface area contributed by atoms with Gasteiger partial charge in [0.2, 0.25) is 0 Å². The van der Waals surface area contributed by atoms with Crippen molar-refractivity contribution in [3.05, 3.63) is 63.6 Å². The van der Waals surface area contributed by atoms with Crippen LogP contribution in [0.25, 0.3) is 0 Å². The third-order valence-corrected chi connectivity index (χ3v) is 4.45. The van der Waals surface area contributed by atoms with E-state index in [-0.39, 0.29) is 0 Å². The second kappa shape index (κ2) is 5.79. The molecule has 0 heterocycles. The smallest absolute Gasteiger partial charge is 0.120 e. The van der Waals surface area contributed by atoms with Crippen molar-refractivity contribution in [3.63, 3.8) is 0 Å². The molecule has 98 valence electrons. The topological polar surface area (TPSA) is 9.23 Å². The number of benzene rings is 2. The van der Waals surface area contributed by atoms with Gasteiger partial charge >= 0.3 is 0 Å². The van der Waals surface area contributed by atoms with E-state index in [0.717, 1.165) is 10.2 Å². The van der Waals surface area contributed by atoms with Crippen molar-refractivity contribution in [2.75, 3.05) is 0 Å². The molecule has 0 aromatic heterocycles. The molecule has 0 atom stereocenters. The average Bonchev–Trinajstić information content (AvgIpc) is 2.46. The predicted molar refractivity (Wildman–Crippen MR) is 81.6 cm³/mol. The fraction of sp³-hybridized carbons (Fsp3) is 0.294. The summed E-state index contributed by atoms with van der Waals surface area (Å²) in [4.78, 5) is 0. The van der Waals surface area contributed by atoms with Gasteiger partial charge in [-0.25, -0.2) is 0 Å². The van der Waals surface area contributed by atoms with Crippen LogP contribution in [0.4, 0.5) is 0 Å². The summed E-state index contributed by atoms with van der Waals surface area (Å²) in [5, 5.41) is 0. The van der Waals surface area contributed by atoms with Crippen LogP contribution in [-0.2, 0) is 19.4 Å². The van der Waals surface area contributed by atoms with Crippen LogP contribution in [0, 0.1) is 0 Å². The molecule has 0 saturated heterocycles. The molecule has 0 unspecified atom stereocenters. The van der Waals surface area contributed by atoms with Crippen LogP contribution in [0.3, 0.4) is 0 Å². The highest BCUT2D eigenvalue weighted by Crippen LogP contribution is 2.26. The van der Waals surface area contributed by atoms with E-state index in [4.69, 9.17) is 4.74 Å². The lowest BCUT2D eigenvalue weighted by Crippen LogP contribution is -2.03. The van der Waals surface area contributed by atoms with E-state index in [2.05, 4.69) is 40.2 Å². The van der Waals surface area contributed by atoms with E-state index in [9.17, 15) is 0 Å².